The van der Waals surface area contributed by atoms with Gasteiger partial charge < -0.3 is 19.1 Å². The van der Waals surface area contributed by atoms with Crippen LogP contribution in [-0.2, 0) is 14.3 Å². The van der Waals surface area contributed by atoms with Crippen molar-refractivity contribution < 1.29 is 23.8 Å². The van der Waals surface area contributed by atoms with E-state index in [-0.39, 0.29) is 29.8 Å². The first-order valence-electron chi connectivity index (χ1n) is 12.6. The van der Waals surface area contributed by atoms with Crippen molar-refractivity contribution in [2.75, 3.05) is 20.8 Å². The molecule has 0 radical (unpaired) electrons. The molecule has 1 aromatic carbocycles. The van der Waals surface area contributed by atoms with Gasteiger partial charge in [0, 0.05) is 6.54 Å². The summed E-state index contributed by atoms with van der Waals surface area (Å²) >= 11 is 0. The Kier molecular flexibility index (Phi) is 9.04. The van der Waals surface area contributed by atoms with Gasteiger partial charge in [-0.1, -0.05) is 32.3 Å². The largest absolute Gasteiger partial charge is 0.493 e. The van der Waals surface area contributed by atoms with Crippen LogP contribution in [0.5, 0.6) is 11.5 Å². The molecule has 6 nitrogen and oxygen atoms in total. The Balaban J connectivity index is 1.97. The molecule has 6 heteroatoms. The Morgan fingerprint density at radius 2 is 1.73 bits per heavy atom. The molecule has 0 bridgehead atoms. The van der Waals surface area contributed by atoms with E-state index in [0.29, 0.717) is 24.5 Å². The van der Waals surface area contributed by atoms with Crippen molar-refractivity contribution in [1.29, 1.82) is 0 Å². The molecule has 184 valence electrons. The number of nitrogens with zero attached hydrogens (tertiary/aromatic N) is 1. The van der Waals surface area contributed by atoms with Gasteiger partial charge in [-0.25, -0.2) is 4.79 Å². The number of aryl methyl sites for hydroxylation is 1. The standard InChI is InChI=1S/C27H41NO5/c1-6-19(3)33-27(30)22-14-10-11-15-28(22)26(29)24(20-12-8-7-9-13-20)21-16-18(2)25(32-5)23(17-21)31-4/h16-17,19-20,22,24H,6-15H2,1-5H3/t19-,22-,24-/m0/s1. The number of rotatable bonds is 8. The lowest BCUT2D eigenvalue weighted by molar-refractivity contribution is -0.161. The monoisotopic (exact) mass is 459 g/mol. The molecule has 2 fully saturated rings. The number of carbonyl (C=O) groups excluding carboxylic acids is 2. The average molecular weight is 460 g/mol. The minimum atomic E-state index is -0.493. The molecule has 1 saturated carbocycles. The predicted octanol–water partition coefficient (Wildman–Crippen LogP) is 5.40. The highest BCUT2D eigenvalue weighted by Gasteiger charge is 2.40. The van der Waals surface area contributed by atoms with Crippen LogP contribution >= 0.6 is 0 Å². The number of methoxy groups -OCH3 is 2. The lowest BCUT2D eigenvalue weighted by atomic mass is 9.75. The molecule has 1 amide bonds. The number of ether oxygens (including phenoxy) is 3. The Hall–Kier alpha value is -2.24. The number of piperidine rings is 1. The third kappa shape index (κ3) is 5.82. The highest BCUT2D eigenvalue weighted by Crippen LogP contribution is 2.42. The van der Waals surface area contributed by atoms with Crippen LogP contribution in [0.15, 0.2) is 12.1 Å². The number of benzene rings is 1. The van der Waals surface area contributed by atoms with Crippen molar-refractivity contribution in [3.05, 3.63) is 23.3 Å². The number of likely N-dealkylation sites (tertiary alicyclic amines) is 1. The quantitative estimate of drug-likeness (QED) is 0.487. The molecule has 0 N–H and O–H groups in total. The summed E-state index contributed by atoms with van der Waals surface area (Å²) in [6, 6.07) is 3.53. The van der Waals surface area contributed by atoms with Crippen LogP contribution in [0.2, 0.25) is 0 Å². The van der Waals surface area contributed by atoms with E-state index < -0.39 is 6.04 Å². The van der Waals surface area contributed by atoms with Crippen LogP contribution in [-0.4, -0.2) is 49.7 Å². The number of hydrogen-bond donors (Lipinski definition) is 0. The van der Waals surface area contributed by atoms with E-state index in [9.17, 15) is 9.59 Å². The number of esters is 1. The van der Waals surface area contributed by atoms with E-state index in [1.807, 2.05) is 31.7 Å². The van der Waals surface area contributed by atoms with Crippen molar-refractivity contribution in [1.82, 2.24) is 4.90 Å². The summed E-state index contributed by atoms with van der Waals surface area (Å²) < 4.78 is 16.8. The lowest BCUT2D eigenvalue weighted by Crippen LogP contribution is -2.51. The summed E-state index contributed by atoms with van der Waals surface area (Å²) in [4.78, 5) is 29.0. The second-order valence-corrected chi connectivity index (χ2v) is 9.65. The van der Waals surface area contributed by atoms with Gasteiger partial charge in [0.15, 0.2) is 11.5 Å². The van der Waals surface area contributed by atoms with Crippen LogP contribution < -0.4 is 9.47 Å². The van der Waals surface area contributed by atoms with Crippen LogP contribution in [0.3, 0.4) is 0 Å². The highest BCUT2D eigenvalue weighted by molar-refractivity contribution is 5.89. The third-order valence-electron chi connectivity index (χ3n) is 7.38. The predicted molar refractivity (Wildman–Crippen MR) is 129 cm³/mol. The maximum atomic E-state index is 14.2. The number of hydrogen-bond acceptors (Lipinski definition) is 5. The van der Waals surface area contributed by atoms with E-state index in [1.54, 1.807) is 14.2 Å². The zero-order chi connectivity index (χ0) is 24.0. The first-order valence-corrected chi connectivity index (χ1v) is 12.6. The smallest absolute Gasteiger partial charge is 0.329 e. The maximum Gasteiger partial charge on any atom is 0.329 e. The first-order chi connectivity index (χ1) is 15.9. The molecule has 0 aromatic heterocycles. The van der Waals surface area contributed by atoms with E-state index in [2.05, 4.69) is 6.07 Å². The van der Waals surface area contributed by atoms with Gasteiger partial charge in [0.25, 0.3) is 0 Å². The zero-order valence-corrected chi connectivity index (χ0v) is 21.0. The van der Waals surface area contributed by atoms with Crippen molar-refractivity contribution in [2.45, 2.75) is 96.6 Å². The molecule has 33 heavy (non-hydrogen) atoms. The summed E-state index contributed by atoms with van der Waals surface area (Å²) in [7, 11) is 3.26. The molecule has 0 spiro atoms. The topological polar surface area (TPSA) is 65.1 Å². The maximum absolute atomic E-state index is 14.2. The third-order valence-corrected chi connectivity index (χ3v) is 7.38. The van der Waals surface area contributed by atoms with Gasteiger partial charge in [-0.05, 0) is 75.5 Å². The van der Waals surface area contributed by atoms with Gasteiger partial charge in [-0.2, -0.15) is 0 Å². The Morgan fingerprint density at radius 3 is 2.36 bits per heavy atom. The van der Waals surface area contributed by atoms with Crippen LogP contribution in [0.25, 0.3) is 0 Å². The fourth-order valence-electron chi connectivity index (χ4n) is 5.42. The number of amides is 1. The molecular weight excluding hydrogens is 418 g/mol. The van der Waals surface area contributed by atoms with Gasteiger partial charge in [-0.3, -0.25) is 4.79 Å². The van der Waals surface area contributed by atoms with E-state index in [0.717, 1.165) is 56.1 Å². The van der Waals surface area contributed by atoms with Crippen molar-refractivity contribution >= 4 is 11.9 Å². The SMILES string of the molecule is CC[C@H](C)OC(=O)[C@@H]1CCCCN1C(=O)[C@H](c1cc(C)c(OC)c(OC)c1)C1CCCCC1. The molecule has 1 saturated heterocycles. The molecule has 1 heterocycles. The first kappa shape index (κ1) is 25.4. The van der Waals surface area contributed by atoms with Crippen molar-refractivity contribution in [3.63, 3.8) is 0 Å². The van der Waals surface area contributed by atoms with Crippen LogP contribution in [0.1, 0.15) is 88.7 Å². The Labute approximate surface area is 199 Å². The molecule has 1 aliphatic heterocycles. The minimum absolute atomic E-state index is 0.0549. The number of carbonyl (C=O) groups is 2. The molecule has 3 atom stereocenters. The average Bonchev–Trinajstić information content (AvgIpc) is 2.84. The summed E-state index contributed by atoms with van der Waals surface area (Å²) in [5, 5.41) is 0. The summed E-state index contributed by atoms with van der Waals surface area (Å²) in [5.41, 5.74) is 1.91. The zero-order valence-electron chi connectivity index (χ0n) is 21.0. The normalized spacial score (nSPS) is 21.2. The van der Waals surface area contributed by atoms with E-state index >= 15 is 0 Å². The summed E-state index contributed by atoms with van der Waals surface area (Å²) in [6.45, 7) is 6.50. The summed E-state index contributed by atoms with van der Waals surface area (Å²) in [5.74, 6) is 1.11. The second kappa shape index (κ2) is 11.8. The lowest BCUT2D eigenvalue weighted by Gasteiger charge is -2.39. The van der Waals surface area contributed by atoms with Gasteiger partial charge >= 0.3 is 5.97 Å². The molecule has 1 aliphatic carbocycles. The van der Waals surface area contributed by atoms with E-state index in [4.69, 9.17) is 14.2 Å². The fourth-order valence-corrected chi connectivity index (χ4v) is 5.42. The van der Waals surface area contributed by atoms with Gasteiger partial charge in [0.1, 0.15) is 6.04 Å². The minimum Gasteiger partial charge on any atom is -0.493 e. The Morgan fingerprint density at radius 1 is 1.03 bits per heavy atom. The van der Waals surface area contributed by atoms with Gasteiger partial charge in [0.05, 0.1) is 26.2 Å². The van der Waals surface area contributed by atoms with Crippen LogP contribution in [0, 0.1) is 12.8 Å². The Bertz CT molecular complexity index is 817. The molecular formula is C27H41NO5. The molecule has 1 aromatic rings. The summed E-state index contributed by atoms with van der Waals surface area (Å²) in [6.07, 6.45) is 8.70. The molecule has 2 aliphatic rings. The second-order valence-electron chi connectivity index (χ2n) is 9.65. The van der Waals surface area contributed by atoms with Gasteiger partial charge in [-0.15, -0.1) is 0 Å². The molecule has 3 rings (SSSR count). The molecule has 0 unspecified atom stereocenters. The van der Waals surface area contributed by atoms with E-state index in [1.165, 1.54) is 6.42 Å². The van der Waals surface area contributed by atoms with Crippen LogP contribution in [0.4, 0.5) is 0 Å². The highest BCUT2D eigenvalue weighted by atomic mass is 16.5. The van der Waals surface area contributed by atoms with Gasteiger partial charge in [0.2, 0.25) is 5.91 Å². The van der Waals surface area contributed by atoms with Crippen molar-refractivity contribution in [3.8, 4) is 11.5 Å². The van der Waals surface area contributed by atoms with Crippen molar-refractivity contribution in [2.24, 2.45) is 5.92 Å². The fraction of sp³-hybridized carbons (Fsp3) is 0.704.